The second kappa shape index (κ2) is 4.86. The normalized spacial score (nSPS) is 28.3. The molecular weight excluding hydrogens is 340 g/mol. The maximum absolute atomic E-state index is 5.78. The number of hydrogen-bond donors (Lipinski definition) is 0. The molecule has 1 nitrogen and oxygen atoms in total. The highest BCUT2D eigenvalue weighted by Gasteiger charge is 2.33. The standard InChI is InChI=1S/C11H14Br2OS/c1-6-3-4-14-10(6)9(13)11-8(12)5-7(2)15-11/h5-6,9-10H,3-4H2,1-2H3. The highest BCUT2D eigenvalue weighted by molar-refractivity contribution is 9.11. The lowest BCUT2D eigenvalue weighted by Crippen LogP contribution is -2.18. The summed E-state index contributed by atoms with van der Waals surface area (Å²) in [6.07, 6.45) is 1.49. The largest absolute Gasteiger partial charge is 0.376 e. The van der Waals surface area contributed by atoms with Crippen LogP contribution in [0, 0.1) is 12.8 Å². The molecule has 2 heterocycles. The van der Waals surface area contributed by atoms with E-state index in [2.05, 4.69) is 51.8 Å². The van der Waals surface area contributed by atoms with Crippen LogP contribution in [-0.2, 0) is 4.74 Å². The summed E-state index contributed by atoms with van der Waals surface area (Å²) in [7, 11) is 0. The van der Waals surface area contributed by atoms with Crippen molar-refractivity contribution < 1.29 is 4.74 Å². The van der Waals surface area contributed by atoms with Crippen molar-refractivity contribution in [2.45, 2.75) is 31.2 Å². The molecule has 15 heavy (non-hydrogen) atoms. The lowest BCUT2D eigenvalue weighted by Gasteiger charge is -2.20. The first kappa shape index (κ1) is 12.1. The first-order chi connectivity index (χ1) is 7.09. The molecule has 4 heteroatoms. The molecule has 0 radical (unpaired) electrons. The fourth-order valence-corrected chi connectivity index (χ4v) is 5.35. The summed E-state index contributed by atoms with van der Waals surface area (Å²) >= 11 is 9.22. The molecule has 0 N–H and O–H groups in total. The number of ether oxygens (including phenoxy) is 1. The minimum Gasteiger partial charge on any atom is -0.376 e. The molecule has 3 unspecified atom stereocenters. The van der Waals surface area contributed by atoms with Crippen molar-refractivity contribution in [3.63, 3.8) is 0 Å². The highest BCUT2D eigenvalue weighted by Crippen LogP contribution is 2.43. The van der Waals surface area contributed by atoms with E-state index in [1.807, 2.05) is 11.3 Å². The van der Waals surface area contributed by atoms with E-state index >= 15 is 0 Å². The van der Waals surface area contributed by atoms with Crippen LogP contribution < -0.4 is 0 Å². The minimum atomic E-state index is 0.319. The van der Waals surface area contributed by atoms with Crippen LogP contribution in [0.4, 0.5) is 0 Å². The second-order valence-electron chi connectivity index (χ2n) is 4.07. The molecule has 1 aliphatic heterocycles. The molecule has 3 atom stereocenters. The Kier molecular flexibility index (Phi) is 3.92. The zero-order valence-corrected chi connectivity index (χ0v) is 12.8. The van der Waals surface area contributed by atoms with Crippen LogP contribution in [-0.4, -0.2) is 12.7 Å². The minimum absolute atomic E-state index is 0.319. The van der Waals surface area contributed by atoms with Gasteiger partial charge in [-0.15, -0.1) is 11.3 Å². The zero-order valence-electron chi connectivity index (χ0n) is 8.80. The van der Waals surface area contributed by atoms with Gasteiger partial charge in [-0.25, -0.2) is 0 Å². The topological polar surface area (TPSA) is 9.23 Å². The molecule has 1 aromatic heterocycles. The van der Waals surface area contributed by atoms with Gasteiger partial charge in [0.05, 0.1) is 10.9 Å². The molecule has 2 rings (SSSR count). The van der Waals surface area contributed by atoms with E-state index in [4.69, 9.17) is 4.74 Å². The maximum Gasteiger partial charge on any atom is 0.0775 e. The van der Waals surface area contributed by atoms with Crippen LogP contribution in [0.1, 0.15) is 27.9 Å². The predicted octanol–water partition coefficient (Wildman–Crippen LogP) is 4.68. The van der Waals surface area contributed by atoms with E-state index in [-0.39, 0.29) is 0 Å². The lowest BCUT2D eigenvalue weighted by molar-refractivity contribution is 0.0940. The Labute approximate surface area is 111 Å². The van der Waals surface area contributed by atoms with Crippen LogP contribution in [0.5, 0.6) is 0 Å². The van der Waals surface area contributed by atoms with Crippen molar-refractivity contribution in [1.29, 1.82) is 0 Å². The van der Waals surface area contributed by atoms with Crippen molar-refractivity contribution in [2.75, 3.05) is 6.61 Å². The first-order valence-corrected chi connectivity index (χ1v) is 7.63. The molecule has 1 aliphatic rings. The fourth-order valence-electron chi connectivity index (χ4n) is 1.93. The second-order valence-corrected chi connectivity index (χ2v) is 7.20. The summed E-state index contributed by atoms with van der Waals surface area (Å²) in [6, 6.07) is 2.17. The summed E-state index contributed by atoms with van der Waals surface area (Å²) in [6.45, 7) is 5.30. The van der Waals surface area contributed by atoms with Crippen molar-refractivity contribution >= 4 is 43.2 Å². The summed E-state index contributed by atoms with van der Waals surface area (Å²) in [5, 5.41) is 0. The van der Waals surface area contributed by atoms with Gasteiger partial charge in [-0.1, -0.05) is 22.9 Å². The number of hydrogen-bond acceptors (Lipinski definition) is 2. The zero-order chi connectivity index (χ0) is 11.0. The fraction of sp³-hybridized carbons (Fsp3) is 0.636. The lowest BCUT2D eigenvalue weighted by atomic mass is 10.0. The Morgan fingerprint density at radius 2 is 2.33 bits per heavy atom. The average Bonchev–Trinajstić information content (AvgIpc) is 2.71. The van der Waals surface area contributed by atoms with E-state index in [9.17, 15) is 0 Å². The Hall–Kier alpha value is 0.620. The summed E-state index contributed by atoms with van der Waals surface area (Å²) in [4.78, 5) is 3.02. The van der Waals surface area contributed by atoms with Gasteiger partial charge >= 0.3 is 0 Å². The van der Waals surface area contributed by atoms with E-state index in [1.165, 1.54) is 20.6 Å². The molecule has 1 aromatic rings. The number of aryl methyl sites for hydroxylation is 1. The molecule has 0 aliphatic carbocycles. The third-order valence-electron chi connectivity index (χ3n) is 2.82. The van der Waals surface area contributed by atoms with E-state index < -0.39 is 0 Å². The summed E-state index contributed by atoms with van der Waals surface area (Å²) in [5.41, 5.74) is 0. The van der Waals surface area contributed by atoms with Gasteiger partial charge in [-0.3, -0.25) is 0 Å². The molecule has 1 fully saturated rings. The third kappa shape index (κ3) is 2.48. The Morgan fingerprint density at radius 3 is 2.80 bits per heavy atom. The van der Waals surface area contributed by atoms with Crippen molar-refractivity contribution in [3.05, 3.63) is 20.3 Å². The quantitative estimate of drug-likeness (QED) is 0.701. The van der Waals surface area contributed by atoms with Gasteiger partial charge in [0.1, 0.15) is 0 Å². The SMILES string of the molecule is Cc1cc(Br)c(C(Br)C2OCCC2C)s1. The Bertz CT molecular complexity index is 350. The molecule has 84 valence electrons. The third-order valence-corrected chi connectivity index (χ3v) is 6.15. The van der Waals surface area contributed by atoms with Gasteiger partial charge in [-0.2, -0.15) is 0 Å². The molecule has 0 aromatic carbocycles. The maximum atomic E-state index is 5.78. The van der Waals surface area contributed by atoms with Crippen LogP contribution in [0.2, 0.25) is 0 Å². The van der Waals surface area contributed by atoms with Crippen molar-refractivity contribution in [2.24, 2.45) is 5.92 Å². The number of halogens is 2. The van der Waals surface area contributed by atoms with Gasteiger partial charge < -0.3 is 4.74 Å². The molecule has 0 saturated carbocycles. The van der Waals surface area contributed by atoms with E-state index in [0.717, 1.165) is 6.61 Å². The van der Waals surface area contributed by atoms with Gasteiger partial charge in [0.25, 0.3) is 0 Å². The number of rotatable bonds is 2. The predicted molar refractivity (Wildman–Crippen MR) is 71.9 cm³/mol. The van der Waals surface area contributed by atoms with Gasteiger partial charge in [-0.05, 0) is 41.3 Å². The van der Waals surface area contributed by atoms with Crippen LogP contribution in [0.25, 0.3) is 0 Å². The molecule has 0 spiro atoms. The van der Waals surface area contributed by atoms with Crippen LogP contribution in [0.3, 0.4) is 0 Å². The smallest absolute Gasteiger partial charge is 0.0775 e. The van der Waals surface area contributed by atoms with Crippen molar-refractivity contribution in [1.82, 2.24) is 0 Å². The molecule has 0 amide bonds. The first-order valence-electron chi connectivity index (χ1n) is 5.11. The van der Waals surface area contributed by atoms with E-state index in [0.29, 0.717) is 16.8 Å². The van der Waals surface area contributed by atoms with Crippen LogP contribution in [0.15, 0.2) is 10.5 Å². The molecular formula is C11H14Br2OS. The summed E-state index contributed by atoms with van der Waals surface area (Å²) in [5.74, 6) is 0.642. The van der Waals surface area contributed by atoms with Crippen LogP contribution >= 0.6 is 43.2 Å². The highest BCUT2D eigenvalue weighted by atomic mass is 79.9. The summed E-state index contributed by atoms with van der Waals surface area (Å²) < 4.78 is 6.99. The molecule has 1 saturated heterocycles. The number of alkyl halides is 1. The van der Waals surface area contributed by atoms with Gasteiger partial charge in [0.15, 0.2) is 0 Å². The monoisotopic (exact) mass is 352 g/mol. The average molecular weight is 354 g/mol. The van der Waals surface area contributed by atoms with E-state index in [1.54, 1.807) is 0 Å². The Morgan fingerprint density at radius 1 is 1.60 bits per heavy atom. The number of thiophene rings is 1. The van der Waals surface area contributed by atoms with Gasteiger partial charge in [0.2, 0.25) is 0 Å². The molecule has 0 bridgehead atoms. The van der Waals surface area contributed by atoms with Gasteiger partial charge in [0, 0.05) is 20.8 Å². The van der Waals surface area contributed by atoms with Crippen molar-refractivity contribution in [3.8, 4) is 0 Å². The Balaban J connectivity index is 2.19.